The highest BCUT2D eigenvalue weighted by molar-refractivity contribution is 5.95. The lowest BCUT2D eigenvalue weighted by molar-refractivity contribution is -0.127. The molecular formula is C20H29N3O4. The number of nitrogens with one attached hydrogen (secondary N) is 2. The predicted octanol–water partition coefficient (Wildman–Crippen LogP) is 2.61. The Morgan fingerprint density at radius 3 is 2.41 bits per heavy atom. The average Bonchev–Trinajstić information content (AvgIpc) is 2.65. The number of hydrogen-bond acceptors (Lipinski definition) is 4. The van der Waals surface area contributed by atoms with E-state index in [1.165, 1.54) is 4.90 Å². The first-order chi connectivity index (χ1) is 12.7. The van der Waals surface area contributed by atoms with Crippen molar-refractivity contribution < 1.29 is 19.1 Å². The van der Waals surface area contributed by atoms with Gasteiger partial charge in [-0.3, -0.25) is 20.4 Å². The number of carbonyl (C=O) groups excluding carboxylic acids is 3. The molecule has 1 aliphatic rings. The van der Waals surface area contributed by atoms with Gasteiger partial charge in [0.1, 0.15) is 0 Å². The fraction of sp³-hybridized carbons (Fsp3) is 0.550. The second-order valence-electron chi connectivity index (χ2n) is 7.75. The molecule has 27 heavy (non-hydrogen) atoms. The highest BCUT2D eigenvalue weighted by Crippen LogP contribution is 2.22. The van der Waals surface area contributed by atoms with Crippen molar-refractivity contribution in [2.75, 3.05) is 19.7 Å². The quantitative estimate of drug-likeness (QED) is 0.795. The molecule has 0 aliphatic carbocycles. The third-order valence-corrected chi connectivity index (χ3v) is 4.63. The number of ether oxygens (including phenoxy) is 1. The number of likely N-dealkylation sites (tertiary alicyclic amines) is 1. The topological polar surface area (TPSA) is 87.7 Å². The van der Waals surface area contributed by atoms with Crippen molar-refractivity contribution in [1.82, 2.24) is 15.8 Å². The number of hydrazine groups is 1. The molecule has 1 atom stereocenters. The number of benzene rings is 1. The predicted molar refractivity (Wildman–Crippen MR) is 102 cm³/mol. The van der Waals surface area contributed by atoms with E-state index >= 15 is 0 Å². The summed E-state index contributed by atoms with van der Waals surface area (Å²) in [7, 11) is 0. The molecule has 0 saturated carbocycles. The van der Waals surface area contributed by atoms with Crippen LogP contribution in [0.3, 0.4) is 0 Å². The van der Waals surface area contributed by atoms with Gasteiger partial charge in [0.2, 0.25) is 5.91 Å². The molecular weight excluding hydrogens is 346 g/mol. The van der Waals surface area contributed by atoms with Crippen LogP contribution in [0, 0.1) is 5.92 Å². The Morgan fingerprint density at radius 2 is 1.81 bits per heavy atom. The number of nitrogens with zero attached hydrogens (tertiary/aromatic N) is 1. The zero-order valence-corrected chi connectivity index (χ0v) is 16.5. The van der Waals surface area contributed by atoms with Crippen LogP contribution in [0.25, 0.3) is 0 Å². The van der Waals surface area contributed by atoms with E-state index in [4.69, 9.17) is 4.74 Å². The van der Waals surface area contributed by atoms with Crippen LogP contribution in [-0.4, -0.2) is 42.5 Å². The first-order valence-electron chi connectivity index (χ1n) is 9.34. The molecule has 1 fully saturated rings. The fourth-order valence-corrected chi connectivity index (χ4v) is 2.99. The van der Waals surface area contributed by atoms with Gasteiger partial charge in [0.05, 0.1) is 12.5 Å². The van der Waals surface area contributed by atoms with Gasteiger partial charge in [-0.15, -0.1) is 0 Å². The Labute approximate surface area is 160 Å². The van der Waals surface area contributed by atoms with Crippen LogP contribution in [-0.2, 0) is 14.9 Å². The van der Waals surface area contributed by atoms with Gasteiger partial charge in [-0.25, -0.2) is 4.79 Å². The standard InChI is InChI=1S/C20H29N3O4/c1-5-27-19(26)23-12-6-7-15(13-23)18(25)22-21-17(24)14-8-10-16(11-9-14)20(2,3)4/h8-11,15H,5-7,12-13H2,1-4H3,(H,21,24)(H,22,25)/t15-/m1/s1. The van der Waals surface area contributed by atoms with Gasteiger partial charge in [-0.05, 0) is 42.9 Å². The van der Waals surface area contributed by atoms with Crippen molar-refractivity contribution in [1.29, 1.82) is 0 Å². The molecule has 2 rings (SSSR count). The van der Waals surface area contributed by atoms with Gasteiger partial charge in [-0.2, -0.15) is 0 Å². The third-order valence-electron chi connectivity index (χ3n) is 4.63. The van der Waals surface area contributed by atoms with Gasteiger partial charge in [0.15, 0.2) is 0 Å². The summed E-state index contributed by atoms with van der Waals surface area (Å²) in [6, 6.07) is 7.31. The number of rotatable bonds is 3. The second kappa shape index (κ2) is 8.88. The molecule has 2 N–H and O–H groups in total. The maximum absolute atomic E-state index is 12.3. The van der Waals surface area contributed by atoms with Crippen LogP contribution in [0.5, 0.6) is 0 Å². The van der Waals surface area contributed by atoms with E-state index in [9.17, 15) is 14.4 Å². The van der Waals surface area contributed by atoms with E-state index in [0.717, 1.165) is 12.0 Å². The number of piperidine rings is 1. The molecule has 0 aromatic heterocycles. The molecule has 1 aliphatic heterocycles. The van der Waals surface area contributed by atoms with Crippen LogP contribution in [0.4, 0.5) is 4.79 Å². The van der Waals surface area contributed by atoms with E-state index in [0.29, 0.717) is 31.7 Å². The van der Waals surface area contributed by atoms with Crippen LogP contribution < -0.4 is 10.9 Å². The van der Waals surface area contributed by atoms with Crippen molar-refractivity contribution in [3.8, 4) is 0 Å². The van der Waals surface area contributed by atoms with E-state index < -0.39 is 6.09 Å². The van der Waals surface area contributed by atoms with Crippen molar-refractivity contribution in [3.63, 3.8) is 0 Å². The molecule has 3 amide bonds. The summed E-state index contributed by atoms with van der Waals surface area (Å²) < 4.78 is 4.98. The Hall–Kier alpha value is -2.57. The van der Waals surface area contributed by atoms with Crippen LogP contribution >= 0.6 is 0 Å². The van der Waals surface area contributed by atoms with Crippen LogP contribution in [0.15, 0.2) is 24.3 Å². The van der Waals surface area contributed by atoms with Crippen LogP contribution in [0.1, 0.15) is 56.5 Å². The van der Waals surface area contributed by atoms with Gasteiger partial charge < -0.3 is 9.64 Å². The van der Waals surface area contributed by atoms with Crippen molar-refractivity contribution >= 4 is 17.9 Å². The van der Waals surface area contributed by atoms with E-state index in [-0.39, 0.29) is 23.1 Å². The lowest BCUT2D eigenvalue weighted by Crippen LogP contribution is -2.50. The smallest absolute Gasteiger partial charge is 0.409 e. The summed E-state index contributed by atoms with van der Waals surface area (Å²) in [5.41, 5.74) is 6.53. The molecule has 1 saturated heterocycles. The van der Waals surface area contributed by atoms with E-state index in [1.54, 1.807) is 19.1 Å². The monoisotopic (exact) mass is 375 g/mol. The largest absolute Gasteiger partial charge is 0.450 e. The van der Waals surface area contributed by atoms with E-state index in [1.807, 2.05) is 12.1 Å². The molecule has 0 bridgehead atoms. The number of carbonyl (C=O) groups is 3. The molecule has 1 heterocycles. The summed E-state index contributed by atoms with van der Waals surface area (Å²) in [5.74, 6) is -1.04. The summed E-state index contributed by atoms with van der Waals surface area (Å²) in [6.45, 7) is 9.23. The van der Waals surface area contributed by atoms with Gasteiger partial charge >= 0.3 is 6.09 Å². The lowest BCUT2D eigenvalue weighted by Gasteiger charge is -2.31. The first-order valence-corrected chi connectivity index (χ1v) is 9.34. The molecule has 7 heteroatoms. The van der Waals surface area contributed by atoms with E-state index in [2.05, 4.69) is 31.6 Å². The van der Waals surface area contributed by atoms with Crippen molar-refractivity contribution in [2.24, 2.45) is 5.92 Å². The maximum Gasteiger partial charge on any atom is 0.409 e. The number of hydrogen-bond donors (Lipinski definition) is 2. The fourth-order valence-electron chi connectivity index (χ4n) is 2.99. The van der Waals surface area contributed by atoms with Gasteiger partial charge in [0, 0.05) is 18.7 Å². The molecule has 7 nitrogen and oxygen atoms in total. The summed E-state index contributed by atoms with van der Waals surface area (Å²) in [4.78, 5) is 37.9. The Balaban J connectivity index is 1.87. The Morgan fingerprint density at radius 1 is 1.15 bits per heavy atom. The number of amides is 3. The zero-order chi connectivity index (χ0) is 20.0. The average molecular weight is 375 g/mol. The van der Waals surface area contributed by atoms with Gasteiger partial charge in [0.25, 0.3) is 5.91 Å². The maximum atomic E-state index is 12.3. The minimum Gasteiger partial charge on any atom is -0.450 e. The molecule has 0 spiro atoms. The lowest BCUT2D eigenvalue weighted by atomic mass is 9.87. The second-order valence-corrected chi connectivity index (χ2v) is 7.75. The molecule has 1 aromatic carbocycles. The van der Waals surface area contributed by atoms with Crippen molar-refractivity contribution in [2.45, 2.75) is 46.0 Å². The molecule has 1 aromatic rings. The van der Waals surface area contributed by atoms with Crippen molar-refractivity contribution in [3.05, 3.63) is 35.4 Å². The zero-order valence-electron chi connectivity index (χ0n) is 16.5. The Kier molecular flexibility index (Phi) is 6.82. The summed E-state index contributed by atoms with van der Waals surface area (Å²) in [6.07, 6.45) is 0.981. The Bertz CT molecular complexity index is 679. The summed E-state index contributed by atoms with van der Waals surface area (Å²) in [5, 5.41) is 0. The summed E-state index contributed by atoms with van der Waals surface area (Å²) >= 11 is 0. The molecule has 0 unspecified atom stereocenters. The highest BCUT2D eigenvalue weighted by Gasteiger charge is 2.29. The third kappa shape index (κ3) is 5.70. The van der Waals surface area contributed by atoms with Gasteiger partial charge in [-0.1, -0.05) is 32.9 Å². The normalized spacial score (nSPS) is 17.2. The van der Waals surface area contributed by atoms with Crippen LogP contribution in [0.2, 0.25) is 0 Å². The minimum atomic E-state index is -0.405. The SMILES string of the molecule is CCOC(=O)N1CCC[C@@H](C(=O)NNC(=O)c2ccc(C(C)(C)C)cc2)C1. The first kappa shape index (κ1) is 20.7. The minimum absolute atomic E-state index is 0.00893. The molecule has 148 valence electrons. The molecule has 0 radical (unpaired) electrons. The highest BCUT2D eigenvalue weighted by atomic mass is 16.6.